The van der Waals surface area contributed by atoms with Gasteiger partial charge >= 0.3 is 12.0 Å². The Hall–Kier alpha value is -3.23. The Bertz CT molecular complexity index is 748. The number of urea groups is 1. The van der Waals surface area contributed by atoms with Crippen LogP contribution in [0.4, 0.5) is 4.79 Å². The van der Waals surface area contributed by atoms with Gasteiger partial charge in [-0.2, -0.15) is 0 Å². The number of hydrogen-bond donors (Lipinski definition) is 2. The summed E-state index contributed by atoms with van der Waals surface area (Å²) < 4.78 is 4.72. The van der Waals surface area contributed by atoms with Crippen molar-refractivity contribution in [3.05, 3.63) is 35.9 Å². The maximum Gasteiger partial charge on any atom is 0.326 e. The zero-order chi connectivity index (χ0) is 19.3. The summed E-state index contributed by atoms with van der Waals surface area (Å²) in [5, 5.41) is 4.57. The van der Waals surface area contributed by atoms with Crippen LogP contribution in [-0.4, -0.2) is 53.3 Å². The third-order valence-electron chi connectivity index (χ3n) is 3.99. The molecular weight excluding hydrogens is 342 g/mol. The molecular formula is C17H19N3O6. The molecule has 2 N–H and O–H groups in total. The predicted molar refractivity (Wildman–Crippen MR) is 88.8 cm³/mol. The summed E-state index contributed by atoms with van der Waals surface area (Å²) in [5.41, 5.74) is -0.776. The molecule has 9 nitrogen and oxygen atoms in total. The number of carbonyl (C=O) groups is 5. The van der Waals surface area contributed by atoms with E-state index in [1.165, 1.54) is 12.1 Å². The van der Waals surface area contributed by atoms with Crippen LogP contribution in [0.1, 0.15) is 30.6 Å². The quantitative estimate of drug-likeness (QED) is 0.552. The number of ether oxygens (including phenoxy) is 1. The van der Waals surface area contributed by atoms with Gasteiger partial charge in [-0.1, -0.05) is 25.1 Å². The average Bonchev–Trinajstić information content (AvgIpc) is 2.84. The molecule has 1 aliphatic heterocycles. The number of benzene rings is 1. The summed E-state index contributed by atoms with van der Waals surface area (Å²) in [4.78, 5) is 59.9. The van der Waals surface area contributed by atoms with E-state index in [2.05, 4.69) is 10.6 Å². The van der Waals surface area contributed by atoms with Crippen LogP contribution in [0.15, 0.2) is 30.3 Å². The van der Waals surface area contributed by atoms with Crippen LogP contribution < -0.4 is 10.6 Å². The molecule has 9 heteroatoms. The van der Waals surface area contributed by atoms with Crippen molar-refractivity contribution in [2.75, 3.05) is 13.2 Å². The molecule has 26 heavy (non-hydrogen) atoms. The van der Waals surface area contributed by atoms with E-state index in [1.807, 2.05) is 0 Å². The van der Waals surface area contributed by atoms with Crippen molar-refractivity contribution in [2.45, 2.75) is 25.8 Å². The van der Waals surface area contributed by atoms with Gasteiger partial charge in [0.15, 0.2) is 6.61 Å². The molecule has 1 heterocycles. The lowest BCUT2D eigenvalue weighted by molar-refractivity contribution is -0.150. The first-order valence-corrected chi connectivity index (χ1v) is 7.96. The maximum absolute atomic E-state index is 12.2. The predicted octanol–water partition coefficient (Wildman–Crippen LogP) is 0.207. The second-order valence-electron chi connectivity index (χ2n) is 5.91. The number of nitrogens with zero attached hydrogens (tertiary/aromatic N) is 1. The highest BCUT2D eigenvalue weighted by Crippen LogP contribution is 2.20. The summed E-state index contributed by atoms with van der Waals surface area (Å²) in [6.07, 6.45) is 0.368. The lowest BCUT2D eigenvalue weighted by Crippen LogP contribution is -2.43. The number of nitrogens with one attached hydrogen (secondary N) is 2. The van der Waals surface area contributed by atoms with Crippen LogP contribution in [0, 0.1) is 0 Å². The first kappa shape index (κ1) is 19.1. The van der Waals surface area contributed by atoms with E-state index in [0.29, 0.717) is 6.42 Å². The molecule has 0 spiro atoms. The standard InChI is InChI=1S/C17H19N3O6/c1-3-17(2)15(24)20(16(25)19-17)9-13(22)26-10-12(21)18-14(23)11-7-5-4-6-8-11/h4-8H,3,9-10H2,1-2H3,(H,19,25)(H,18,21,23)/t17-/m0/s1. The first-order chi connectivity index (χ1) is 12.3. The molecule has 0 unspecified atom stereocenters. The highest BCUT2D eigenvalue weighted by Gasteiger charge is 2.47. The Morgan fingerprint density at radius 3 is 2.42 bits per heavy atom. The fourth-order valence-electron chi connectivity index (χ4n) is 2.28. The van der Waals surface area contributed by atoms with Gasteiger partial charge in [-0.05, 0) is 25.5 Å². The van der Waals surface area contributed by atoms with Gasteiger partial charge in [0.2, 0.25) is 0 Å². The topological polar surface area (TPSA) is 122 Å². The van der Waals surface area contributed by atoms with Crippen molar-refractivity contribution in [1.82, 2.24) is 15.5 Å². The molecule has 0 radical (unpaired) electrons. The molecule has 1 aromatic rings. The Balaban J connectivity index is 1.82. The molecule has 1 atom stereocenters. The molecule has 0 bridgehead atoms. The summed E-state index contributed by atoms with van der Waals surface area (Å²) in [6, 6.07) is 7.36. The van der Waals surface area contributed by atoms with E-state index in [4.69, 9.17) is 4.74 Å². The van der Waals surface area contributed by atoms with Crippen LogP contribution >= 0.6 is 0 Å². The Labute approximate surface area is 149 Å². The average molecular weight is 361 g/mol. The number of carbonyl (C=O) groups excluding carboxylic acids is 5. The van der Waals surface area contributed by atoms with E-state index >= 15 is 0 Å². The van der Waals surface area contributed by atoms with Crippen molar-refractivity contribution in [3.8, 4) is 0 Å². The Morgan fingerprint density at radius 2 is 1.85 bits per heavy atom. The summed E-state index contributed by atoms with van der Waals surface area (Å²) in [5.74, 6) is -2.91. The maximum atomic E-state index is 12.2. The van der Waals surface area contributed by atoms with E-state index in [9.17, 15) is 24.0 Å². The molecule has 0 aliphatic carbocycles. The molecule has 0 saturated carbocycles. The second kappa shape index (κ2) is 7.77. The summed E-state index contributed by atoms with van der Waals surface area (Å²) in [7, 11) is 0. The van der Waals surface area contributed by atoms with Crippen molar-refractivity contribution in [2.24, 2.45) is 0 Å². The third kappa shape index (κ3) is 4.24. The van der Waals surface area contributed by atoms with Gasteiger partial charge in [0, 0.05) is 5.56 Å². The van der Waals surface area contributed by atoms with Crippen molar-refractivity contribution in [1.29, 1.82) is 0 Å². The molecule has 2 rings (SSSR count). The zero-order valence-electron chi connectivity index (χ0n) is 14.4. The Kier molecular flexibility index (Phi) is 5.71. The van der Waals surface area contributed by atoms with Gasteiger partial charge in [-0.25, -0.2) is 4.79 Å². The SMILES string of the molecule is CC[C@]1(C)NC(=O)N(CC(=O)OCC(=O)NC(=O)c2ccccc2)C1=O. The van der Waals surface area contributed by atoms with E-state index in [0.717, 1.165) is 4.90 Å². The van der Waals surface area contributed by atoms with Crippen molar-refractivity contribution < 1.29 is 28.7 Å². The summed E-state index contributed by atoms with van der Waals surface area (Å²) in [6.45, 7) is 1.97. The van der Waals surface area contributed by atoms with Crippen molar-refractivity contribution in [3.63, 3.8) is 0 Å². The highest BCUT2D eigenvalue weighted by atomic mass is 16.5. The molecule has 138 valence electrons. The summed E-state index contributed by atoms with van der Waals surface area (Å²) >= 11 is 0. The number of amides is 5. The number of esters is 1. The zero-order valence-corrected chi connectivity index (χ0v) is 14.4. The lowest BCUT2D eigenvalue weighted by Gasteiger charge is -2.18. The van der Waals surface area contributed by atoms with Gasteiger partial charge in [0.1, 0.15) is 12.1 Å². The monoisotopic (exact) mass is 361 g/mol. The van der Waals surface area contributed by atoms with Crippen LogP contribution in [0.25, 0.3) is 0 Å². The van der Waals surface area contributed by atoms with Gasteiger partial charge < -0.3 is 10.1 Å². The van der Waals surface area contributed by atoms with Crippen LogP contribution in [0.5, 0.6) is 0 Å². The van der Waals surface area contributed by atoms with E-state index in [1.54, 1.807) is 32.0 Å². The number of rotatable bonds is 6. The Morgan fingerprint density at radius 1 is 1.19 bits per heavy atom. The molecule has 1 aliphatic rings. The smallest absolute Gasteiger partial charge is 0.326 e. The fraction of sp³-hybridized carbons (Fsp3) is 0.353. The van der Waals surface area contributed by atoms with Crippen LogP contribution in [0.2, 0.25) is 0 Å². The fourth-order valence-corrected chi connectivity index (χ4v) is 2.28. The highest BCUT2D eigenvalue weighted by molar-refractivity contribution is 6.08. The number of hydrogen-bond acceptors (Lipinski definition) is 6. The van der Waals surface area contributed by atoms with Gasteiger partial charge in [-0.15, -0.1) is 0 Å². The number of imide groups is 2. The van der Waals surface area contributed by atoms with E-state index in [-0.39, 0.29) is 5.56 Å². The third-order valence-corrected chi connectivity index (χ3v) is 3.99. The molecule has 1 fully saturated rings. The van der Waals surface area contributed by atoms with Crippen molar-refractivity contribution >= 4 is 29.7 Å². The minimum Gasteiger partial charge on any atom is -0.454 e. The molecule has 1 aromatic carbocycles. The van der Waals surface area contributed by atoms with Gasteiger partial charge in [0.05, 0.1) is 0 Å². The van der Waals surface area contributed by atoms with Crippen LogP contribution in [0.3, 0.4) is 0 Å². The second-order valence-corrected chi connectivity index (χ2v) is 5.91. The minimum atomic E-state index is -1.06. The molecule has 0 aromatic heterocycles. The normalized spacial score (nSPS) is 19.1. The van der Waals surface area contributed by atoms with Crippen LogP contribution in [-0.2, 0) is 19.1 Å². The largest absolute Gasteiger partial charge is 0.454 e. The molecule has 5 amide bonds. The van der Waals surface area contributed by atoms with Gasteiger partial charge in [-0.3, -0.25) is 29.4 Å². The lowest BCUT2D eigenvalue weighted by atomic mass is 9.99. The molecule has 1 saturated heterocycles. The minimum absolute atomic E-state index is 0.283. The van der Waals surface area contributed by atoms with E-state index < -0.39 is 48.4 Å². The van der Waals surface area contributed by atoms with Gasteiger partial charge in [0.25, 0.3) is 17.7 Å². The first-order valence-electron chi connectivity index (χ1n) is 7.96.